The van der Waals surface area contributed by atoms with Gasteiger partial charge < -0.3 is 14.8 Å². The third-order valence-corrected chi connectivity index (χ3v) is 4.36. The molecule has 0 aliphatic carbocycles. The van der Waals surface area contributed by atoms with Crippen molar-refractivity contribution in [2.45, 2.75) is 25.0 Å². The van der Waals surface area contributed by atoms with Crippen LogP contribution < -0.4 is 10.1 Å². The summed E-state index contributed by atoms with van der Waals surface area (Å²) in [6, 6.07) is 7.02. The quantitative estimate of drug-likeness (QED) is 0.818. The number of thioether (sulfide) groups is 1. The van der Waals surface area contributed by atoms with E-state index in [2.05, 4.69) is 5.32 Å². The van der Waals surface area contributed by atoms with Gasteiger partial charge in [0.2, 0.25) is 5.91 Å². The minimum absolute atomic E-state index is 0.0278. The lowest BCUT2D eigenvalue weighted by atomic mass is 10.2. The lowest BCUT2D eigenvalue weighted by Gasteiger charge is -2.11. The van der Waals surface area contributed by atoms with Crippen LogP contribution in [0.5, 0.6) is 5.75 Å². The molecular weight excluding hydrogens is 290 g/mol. The summed E-state index contributed by atoms with van der Waals surface area (Å²) in [7, 11) is 0. The van der Waals surface area contributed by atoms with Crippen molar-refractivity contribution in [3.05, 3.63) is 24.3 Å². The zero-order valence-corrected chi connectivity index (χ0v) is 12.8. The second-order valence-corrected chi connectivity index (χ2v) is 5.92. The van der Waals surface area contributed by atoms with Crippen molar-refractivity contribution >= 4 is 29.3 Å². The van der Waals surface area contributed by atoms with Gasteiger partial charge in [0.05, 0.1) is 11.9 Å². The Morgan fingerprint density at radius 3 is 3.00 bits per heavy atom. The summed E-state index contributed by atoms with van der Waals surface area (Å²) in [5.74, 6) is 1.19. The van der Waals surface area contributed by atoms with E-state index >= 15 is 0 Å². The Labute approximate surface area is 128 Å². The van der Waals surface area contributed by atoms with Crippen LogP contribution in [0.4, 0.5) is 5.69 Å². The largest absolute Gasteiger partial charge is 0.482 e. The minimum Gasteiger partial charge on any atom is -0.482 e. The number of nitrogens with one attached hydrogen (secondary N) is 1. The molecule has 1 aliphatic heterocycles. The van der Waals surface area contributed by atoms with E-state index in [0.29, 0.717) is 18.0 Å². The highest BCUT2D eigenvalue weighted by Crippen LogP contribution is 2.27. The summed E-state index contributed by atoms with van der Waals surface area (Å²) in [5.41, 5.74) is 0.675. The molecule has 6 heteroatoms. The molecule has 21 heavy (non-hydrogen) atoms. The van der Waals surface area contributed by atoms with Crippen LogP contribution >= 0.6 is 11.8 Å². The van der Waals surface area contributed by atoms with Gasteiger partial charge in [0.15, 0.2) is 6.61 Å². The van der Waals surface area contributed by atoms with Crippen LogP contribution in [0, 0.1) is 0 Å². The molecular formula is C15H19NO4S. The third-order valence-electron chi connectivity index (χ3n) is 2.99. The fourth-order valence-corrected chi connectivity index (χ4v) is 3.18. The van der Waals surface area contributed by atoms with Crippen molar-refractivity contribution in [1.29, 1.82) is 0 Å². The van der Waals surface area contributed by atoms with Crippen molar-refractivity contribution in [3.8, 4) is 5.75 Å². The van der Waals surface area contributed by atoms with Gasteiger partial charge in [-0.15, -0.1) is 11.8 Å². The highest BCUT2D eigenvalue weighted by Gasteiger charge is 2.23. The number of esters is 1. The van der Waals surface area contributed by atoms with Gasteiger partial charge in [0.1, 0.15) is 5.75 Å². The molecule has 1 N–H and O–H groups in total. The summed E-state index contributed by atoms with van der Waals surface area (Å²) in [6.07, 6.45) is 2.01. The number of amides is 1. The molecule has 114 valence electrons. The average Bonchev–Trinajstić information content (AvgIpc) is 3.00. The van der Waals surface area contributed by atoms with Gasteiger partial charge in [0.25, 0.3) is 0 Å². The molecule has 1 aromatic rings. The zero-order chi connectivity index (χ0) is 15.1. The third kappa shape index (κ3) is 4.97. The second kappa shape index (κ2) is 7.93. The minimum atomic E-state index is -0.408. The van der Waals surface area contributed by atoms with Crippen LogP contribution in [0.1, 0.15) is 19.8 Å². The Morgan fingerprint density at radius 1 is 1.43 bits per heavy atom. The van der Waals surface area contributed by atoms with Crippen molar-refractivity contribution in [1.82, 2.24) is 0 Å². The molecule has 1 heterocycles. The van der Waals surface area contributed by atoms with Crippen molar-refractivity contribution < 1.29 is 19.1 Å². The first-order valence-electron chi connectivity index (χ1n) is 7.00. The molecule has 1 aromatic carbocycles. The number of hydrogen-bond acceptors (Lipinski definition) is 5. The van der Waals surface area contributed by atoms with Crippen LogP contribution in [0.3, 0.4) is 0 Å². The van der Waals surface area contributed by atoms with Crippen molar-refractivity contribution in [3.63, 3.8) is 0 Å². The molecule has 0 saturated carbocycles. The number of ether oxygens (including phenoxy) is 2. The van der Waals surface area contributed by atoms with Gasteiger partial charge >= 0.3 is 5.97 Å². The molecule has 1 atom stereocenters. The van der Waals surface area contributed by atoms with Crippen LogP contribution in [-0.2, 0) is 14.3 Å². The monoisotopic (exact) mass is 309 g/mol. The van der Waals surface area contributed by atoms with Gasteiger partial charge in [-0.3, -0.25) is 4.79 Å². The van der Waals surface area contributed by atoms with Crippen molar-refractivity contribution in [2.24, 2.45) is 0 Å². The first kappa shape index (κ1) is 15.7. The predicted molar refractivity (Wildman–Crippen MR) is 82.7 cm³/mol. The lowest BCUT2D eigenvalue weighted by molar-refractivity contribution is -0.145. The Kier molecular flexibility index (Phi) is 5.92. The maximum absolute atomic E-state index is 12.0. The normalized spacial score (nSPS) is 17.3. The molecule has 1 fully saturated rings. The first-order chi connectivity index (χ1) is 10.2. The summed E-state index contributed by atoms with van der Waals surface area (Å²) in [6.45, 7) is 1.94. The van der Waals surface area contributed by atoms with Crippen LogP contribution in [0.25, 0.3) is 0 Å². The van der Waals surface area contributed by atoms with E-state index in [9.17, 15) is 9.59 Å². The average molecular weight is 309 g/mol. The smallest absolute Gasteiger partial charge is 0.344 e. The van der Waals surface area contributed by atoms with Gasteiger partial charge in [-0.25, -0.2) is 4.79 Å². The van der Waals surface area contributed by atoms with Crippen LogP contribution in [0.2, 0.25) is 0 Å². The SMILES string of the molecule is CCOC(=O)COc1cccc(NC(=O)C2CCCS2)c1. The lowest BCUT2D eigenvalue weighted by Crippen LogP contribution is -2.22. The van der Waals surface area contributed by atoms with E-state index in [1.807, 2.05) is 0 Å². The molecule has 0 spiro atoms. The van der Waals surface area contributed by atoms with E-state index in [4.69, 9.17) is 9.47 Å². The number of carbonyl (C=O) groups excluding carboxylic acids is 2. The summed E-state index contributed by atoms with van der Waals surface area (Å²) in [5, 5.41) is 2.92. The second-order valence-electron chi connectivity index (χ2n) is 4.61. The van der Waals surface area contributed by atoms with Crippen molar-refractivity contribution in [2.75, 3.05) is 24.3 Å². The molecule has 1 unspecified atom stereocenters. The van der Waals surface area contributed by atoms with E-state index in [-0.39, 0.29) is 17.8 Å². The number of carbonyl (C=O) groups is 2. The Bertz CT molecular complexity index is 500. The number of hydrogen-bond donors (Lipinski definition) is 1. The Balaban J connectivity index is 1.88. The van der Waals surface area contributed by atoms with Gasteiger partial charge in [-0.1, -0.05) is 6.07 Å². The summed E-state index contributed by atoms with van der Waals surface area (Å²) >= 11 is 1.69. The van der Waals surface area contributed by atoms with Gasteiger partial charge in [0, 0.05) is 11.8 Å². The van der Waals surface area contributed by atoms with E-state index in [1.165, 1.54) is 0 Å². The molecule has 0 bridgehead atoms. The van der Waals surface area contributed by atoms with Gasteiger partial charge in [-0.05, 0) is 37.7 Å². The highest BCUT2D eigenvalue weighted by molar-refractivity contribution is 8.00. The first-order valence-corrected chi connectivity index (χ1v) is 8.05. The Hall–Kier alpha value is -1.69. The topological polar surface area (TPSA) is 64.6 Å². The van der Waals surface area contributed by atoms with E-state index < -0.39 is 5.97 Å². The highest BCUT2D eigenvalue weighted by atomic mass is 32.2. The maximum Gasteiger partial charge on any atom is 0.344 e. The number of anilines is 1. The molecule has 1 aliphatic rings. The molecule has 0 aromatic heterocycles. The summed E-state index contributed by atoms with van der Waals surface area (Å²) < 4.78 is 10.1. The van der Waals surface area contributed by atoms with E-state index in [0.717, 1.165) is 18.6 Å². The number of rotatable bonds is 6. The maximum atomic E-state index is 12.0. The molecule has 1 amide bonds. The predicted octanol–water partition coefficient (Wildman–Crippen LogP) is 2.46. The number of benzene rings is 1. The molecule has 5 nitrogen and oxygen atoms in total. The fourth-order valence-electron chi connectivity index (χ4n) is 2.02. The summed E-state index contributed by atoms with van der Waals surface area (Å²) in [4.78, 5) is 23.3. The molecule has 1 saturated heterocycles. The van der Waals surface area contributed by atoms with Gasteiger partial charge in [-0.2, -0.15) is 0 Å². The van der Waals surface area contributed by atoms with E-state index in [1.54, 1.807) is 43.0 Å². The van der Waals surface area contributed by atoms with Crippen LogP contribution in [-0.4, -0.2) is 36.1 Å². The van der Waals surface area contributed by atoms with Crippen LogP contribution in [0.15, 0.2) is 24.3 Å². The molecule has 2 rings (SSSR count). The zero-order valence-electron chi connectivity index (χ0n) is 12.0. The molecule has 0 radical (unpaired) electrons. The Morgan fingerprint density at radius 2 is 2.29 bits per heavy atom. The fraction of sp³-hybridized carbons (Fsp3) is 0.467. The standard InChI is InChI=1S/C15H19NO4S/c1-2-19-14(17)10-20-12-6-3-5-11(9-12)16-15(18)13-7-4-8-21-13/h3,5-6,9,13H,2,4,7-8,10H2,1H3,(H,16,18).